The monoisotopic (exact) mass is 953 g/mol. The molecule has 14 nitrogen and oxygen atoms in total. The molecule has 6 rings (SSSR count). The van der Waals surface area contributed by atoms with E-state index in [1.165, 1.54) is 49.6 Å². The van der Waals surface area contributed by atoms with Crippen molar-refractivity contribution in [1.29, 1.82) is 0 Å². The van der Waals surface area contributed by atoms with Gasteiger partial charge in [0.1, 0.15) is 37.4 Å². The standard InChI is InChI=1S/C36H43IN5O4P.C8H14N2O3/c1-27-21-33(8-7-32(27)26-43)41-17-15-40(16-18-41)24-28-9-12-39(13-10-28)25-29-3-2-4-34(22-29)45-20-19-42-14-11-30-5-6-31(23-35(30)42)36(44)38-46-47-37;1-9-8(13)7(4-3-5-11)10(2)6-12/h2-8,11,14,21-23,26,28,47H,9-10,12-13,15-20,24-25H2,1H3,(H,38,44);5-7H,3-4H2,1-2H3,(H,9,13). The number of nitrogens with zero attached hydrogens (tertiary/aromatic N) is 5. The average Bonchev–Trinajstić information content (AvgIpc) is 3.68. The van der Waals surface area contributed by atoms with E-state index in [0.29, 0.717) is 31.5 Å². The maximum absolute atomic E-state index is 12.3. The first-order valence-corrected chi connectivity index (χ1v) is 24.4. The maximum Gasteiger partial charge on any atom is 0.275 e. The van der Waals surface area contributed by atoms with Crippen LogP contribution in [0.4, 0.5) is 5.69 Å². The predicted octanol–water partition coefficient (Wildman–Crippen LogP) is 5.65. The van der Waals surface area contributed by atoms with Crippen molar-refractivity contribution in [2.45, 2.75) is 51.7 Å². The Morgan fingerprint density at radius 1 is 0.967 bits per heavy atom. The summed E-state index contributed by atoms with van der Waals surface area (Å²) in [4.78, 5) is 64.1. The molecule has 2 aliphatic rings. The van der Waals surface area contributed by atoms with Gasteiger partial charge in [-0.25, -0.2) is 10.1 Å². The molecule has 3 amide bonds. The molecule has 0 spiro atoms. The highest BCUT2D eigenvalue weighted by molar-refractivity contribution is 14.2. The van der Waals surface area contributed by atoms with E-state index < -0.39 is 6.04 Å². The van der Waals surface area contributed by atoms with Gasteiger partial charge < -0.3 is 29.2 Å². The van der Waals surface area contributed by atoms with E-state index in [9.17, 15) is 24.0 Å². The van der Waals surface area contributed by atoms with Crippen molar-refractivity contribution in [3.63, 3.8) is 0 Å². The number of benzene rings is 3. The van der Waals surface area contributed by atoms with E-state index in [-0.39, 0.29) is 24.7 Å². The lowest BCUT2D eigenvalue weighted by molar-refractivity contribution is -0.131. The Balaban J connectivity index is 0.000000454. The number of piperazine rings is 1. The molecule has 2 saturated heterocycles. The normalized spacial score (nSPS) is 15.6. The van der Waals surface area contributed by atoms with E-state index in [1.807, 2.05) is 43.5 Å². The minimum Gasteiger partial charge on any atom is -0.492 e. The molecule has 2 N–H and O–H groups in total. The number of carbonyl (C=O) groups is 5. The van der Waals surface area contributed by atoms with Crippen LogP contribution in [-0.2, 0) is 32.1 Å². The number of fused-ring (bicyclic) bond motifs is 1. The molecule has 3 heterocycles. The van der Waals surface area contributed by atoms with Crippen molar-refractivity contribution in [3.05, 3.63) is 95.2 Å². The van der Waals surface area contributed by atoms with Gasteiger partial charge in [-0.15, -0.1) is 0 Å². The Labute approximate surface area is 367 Å². The zero-order valence-electron chi connectivity index (χ0n) is 34.7. The predicted molar refractivity (Wildman–Crippen MR) is 245 cm³/mol. The SMILES string of the molecule is CNC(=O)C(CCC=O)N(C)C=O.Cc1cc(N2CCN(CC3CCN(Cc4cccc(OCCn5ccc6ccc(C(=O)NOPI)cc65)c4)CC3)CC2)ccc1C=O. The van der Waals surface area contributed by atoms with Crippen LogP contribution in [-0.4, -0.2) is 123 Å². The number of hydrogen-bond donors (Lipinski definition) is 2. The lowest BCUT2D eigenvalue weighted by Gasteiger charge is -2.39. The van der Waals surface area contributed by atoms with Gasteiger partial charge >= 0.3 is 0 Å². The van der Waals surface area contributed by atoms with Gasteiger partial charge in [0.2, 0.25) is 12.3 Å². The number of halogens is 1. The number of hydrogen-bond acceptors (Lipinski definition) is 10. The summed E-state index contributed by atoms with van der Waals surface area (Å²) in [5.74, 6) is 1.14. The second-order valence-electron chi connectivity index (χ2n) is 15.2. The van der Waals surface area contributed by atoms with E-state index in [4.69, 9.17) is 9.36 Å². The van der Waals surface area contributed by atoms with Crippen LogP contribution in [0.1, 0.15) is 57.5 Å². The number of piperidine rings is 1. The fourth-order valence-corrected chi connectivity index (χ4v) is 8.22. The quantitative estimate of drug-likeness (QED) is 0.0524. The summed E-state index contributed by atoms with van der Waals surface area (Å²) < 4.78 is 13.4. The highest BCUT2D eigenvalue weighted by atomic mass is 127. The van der Waals surface area contributed by atoms with E-state index in [2.05, 4.69) is 88.5 Å². The first kappa shape index (κ1) is 46.7. The fourth-order valence-electron chi connectivity index (χ4n) is 7.75. The Morgan fingerprint density at radius 3 is 2.43 bits per heavy atom. The third-order valence-corrected chi connectivity index (χ3v) is 12.1. The number of rotatable bonds is 19. The van der Waals surface area contributed by atoms with Gasteiger partial charge in [-0.05, 0) is 132 Å². The average molecular weight is 954 g/mol. The van der Waals surface area contributed by atoms with Crippen molar-refractivity contribution >= 4 is 75.9 Å². The van der Waals surface area contributed by atoms with Crippen LogP contribution in [0, 0.1) is 12.8 Å². The van der Waals surface area contributed by atoms with Crippen molar-refractivity contribution in [3.8, 4) is 5.75 Å². The van der Waals surface area contributed by atoms with Gasteiger partial charge in [0.25, 0.3) is 5.91 Å². The molecule has 0 radical (unpaired) electrons. The highest BCUT2D eigenvalue weighted by Gasteiger charge is 2.25. The van der Waals surface area contributed by atoms with Gasteiger partial charge in [0, 0.05) is 88.3 Å². The number of hydroxylamine groups is 1. The zero-order chi connectivity index (χ0) is 42.9. The largest absolute Gasteiger partial charge is 0.492 e. The van der Waals surface area contributed by atoms with Crippen LogP contribution in [0.25, 0.3) is 10.9 Å². The molecular weight excluding hydrogens is 896 g/mol. The summed E-state index contributed by atoms with van der Waals surface area (Å²) in [6.07, 6.45) is 7.39. The van der Waals surface area contributed by atoms with E-state index >= 15 is 0 Å². The molecule has 2 aliphatic heterocycles. The van der Waals surface area contributed by atoms with Crippen molar-refractivity contribution in [2.75, 3.05) is 71.4 Å². The van der Waals surface area contributed by atoms with Crippen LogP contribution in [0.5, 0.6) is 5.75 Å². The number of aryl methyl sites for hydroxylation is 1. The Hall–Kier alpha value is -4.41. The Kier molecular flexibility index (Phi) is 18.8. The first-order chi connectivity index (χ1) is 29.2. The first-order valence-electron chi connectivity index (χ1n) is 20.4. The summed E-state index contributed by atoms with van der Waals surface area (Å²) in [7, 11) is 3.01. The number of likely N-dealkylation sites (N-methyl/N-ethyl adjacent to an activating group) is 2. The topological polar surface area (TPSA) is 146 Å². The lowest BCUT2D eigenvalue weighted by atomic mass is 9.95. The maximum atomic E-state index is 12.3. The summed E-state index contributed by atoms with van der Waals surface area (Å²) in [5.41, 5.74) is 8.37. The van der Waals surface area contributed by atoms with Crippen LogP contribution in [0.15, 0.2) is 72.9 Å². The lowest BCUT2D eigenvalue weighted by Crippen LogP contribution is -2.48. The molecule has 322 valence electrons. The molecule has 0 bridgehead atoms. The van der Waals surface area contributed by atoms with E-state index in [1.54, 1.807) is 0 Å². The molecule has 1 aromatic heterocycles. The van der Waals surface area contributed by atoms with Gasteiger partial charge in [-0.3, -0.25) is 29.0 Å². The molecule has 4 aromatic rings. The number of ether oxygens (including phenoxy) is 1. The number of anilines is 1. The second kappa shape index (κ2) is 24.1. The van der Waals surface area contributed by atoms with Crippen molar-refractivity contribution in [1.82, 2.24) is 30.1 Å². The zero-order valence-corrected chi connectivity index (χ0v) is 37.8. The number of likely N-dealkylation sites (tertiary alicyclic amines) is 1. The molecule has 3 aromatic carbocycles. The van der Waals surface area contributed by atoms with Crippen molar-refractivity contribution in [2.24, 2.45) is 5.92 Å². The summed E-state index contributed by atoms with van der Waals surface area (Å²) in [6.45, 7) is 12.0. The minimum atomic E-state index is -0.548. The molecule has 60 heavy (non-hydrogen) atoms. The van der Waals surface area contributed by atoms with Gasteiger partial charge in [-0.2, -0.15) is 0 Å². The van der Waals surface area contributed by atoms with E-state index in [0.717, 1.165) is 92.1 Å². The van der Waals surface area contributed by atoms with Gasteiger partial charge in [0.05, 0.1) is 6.54 Å². The Morgan fingerprint density at radius 2 is 1.75 bits per heavy atom. The molecular formula is C44H57IN7O7P. The summed E-state index contributed by atoms with van der Waals surface area (Å²) in [5, 5.41) is 3.52. The molecule has 2 fully saturated rings. The smallest absolute Gasteiger partial charge is 0.275 e. The Bertz CT molecular complexity index is 2030. The summed E-state index contributed by atoms with van der Waals surface area (Å²) >= 11 is 2.07. The van der Waals surface area contributed by atoms with Crippen LogP contribution in [0.3, 0.4) is 0 Å². The number of carbonyl (C=O) groups excluding carboxylic acids is 5. The second-order valence-corrected chi connectivity index (χ2v) is 16.9. The van der Waals surface area contributed by atoms with Crippen LogP contribution in [0.2, 0.25) is 0 Å². The van der Waals surface area contributed by atoms with Crippen molar-refractivity contribution < 1.29 is 33.3 Å². The minimum absolute atomic E-state index is 0.165. The third-order valence-electron chi connectivity index (χ3n) is 11.2. The summed E-state index contributed by atoms with van der Waals surface area (Å²) in [6, 6.07) is 21.8. The number of aldehydes is 2. The van der Waals surface area contributed by atoms with Crippen LogP contribution < -0.4 is 20.4 Å². The molecule has 2 atom stereocenters. The fraction of sp³-hybridized carbons (Fsp3) is 0.432. The molecule has 2 unspecified atom stereocenters. The molecule has 0 saturated carbocycles. The highest BCUT2D eigenvalue weighted by Crippen LogP contribution is 2.25. The number of amides is 3. The van der Waals surface area contributed by atoms with Gasteiger partial charge in [-0.1, -0.05) is 18.2 Å². The molecule has 0 aliphatic carbocycles. The van der Waals surface area contributed by atoms with Crippen LogP contribution >= 0.6 is 28.5 Å². The number of aromatic nitrogens is 1. The third kappa shape index (κ3) is 13.5. The number of nitrogens with one attached hydrogen (secondary N) is 2. The van der Waals surface area contributed by atoms with Gasteiger partial charge in [0.15, 0.2) is 0 Å². The molecule has 16 heteroatoms.